The lowest BCUT2D eigenvalue weighted by Crippen LogP contribution is -2.21. The second-order valence-corrected chi connectivity index (χ2v) is 3.02. The quantitative estimate of drug-likeness (QED) is 0.678. The Labute approximate surface area is 79.7 Å². The number of allylic oxidation sites excluding steroid dienone is 1. The minimum absolute atomic E-state index is 0.330. The molecule has 0 radical (unpaired) electrons. The van der Waals surface area contributed by atoms with Crippen LogP contribution >= 0.6 is 0 Å². The molecule has 2 nitrogen and oxygen atoms in total. The van der Waals surface area contributed by atoms with Gasteiger partial charge in [0.15, 0.2) is 0 Å². The van der Waals surface area contributed by atoms with Crippen molar-refractivity contribution in [2.24, 2.45) is 4.99 Å². The number of aliphatic imine (C=N–C) groups is 1. The third kappa shape index (κ3) is 1.95. The summed E-state index contributed by atoms with van der Waals surface area (Å²) >= 11 is 0. The van der Waals surface area contributed by atoms with Crippen LogP contribution in [0.5, 0.6) is 0 Å². The van der Waals surface area contributed by atoms with Crippen LogP contribution in [0.25, 0.3) is 0 Å². The maximum atomic E-state index is 12.5. The second-order valence-electron chi connectivity index (χ2n) is 3.02. The van der Waals surface area contributed by atoms with Crippen LogP contribution in [0.3, 0.4) is 0 Å². The summed E-state index contributed by atoms with van der Waals surface area (Å²) in [6.45, 7) is 1.79. The summed E-state index contributed by atoms with van der Waals surface area (Å²) in [4.78, 5) is 3.68. The number of hydrogen-bond donors (Lipinski definition) is 0. The molecule has 1 heterocycles. The monoisotopic (exact) mass is 202 g/mol. The molecule has 1 aliphatic rings. The summed E-state index contributed by atoms with van der Waals surface area (Å²) in [6, 6.07) is 0.639. The molecular weight excluding hydrogens is 193 g/mol. The summed E-state index contributed by atoms with van der Waals surface area (Å²) in [5.41, 5.74) is -1.14. The molecule has 0 aliphatic carbocycles. The van der Waals surface area contributed by atoms with E-state index in [1.54, 1.807) is 6.92 Å². The smallest absolute Gasteiger partial charge is 0.284 e. The summed E-state index contributed by atoms with van der Waals surface area (Å²) in [5, 5.41) is 8.49. The van der Waals surface area contributed by atoms with Gasteiger partial charge < -0.3 is 0 Å². The Morgan fingerprint density at radius 2 is 2.21 bits per heavy atom. The number of alkyl halides is 3. The van der Waals surface area contributed by atoms with Crippen LogP contribution in [-0.2, 0) is 0 Å². The lowest BCUT2D eigenvalue weighted by atomic mass is 10.0. The number of rotatable bonds is 2. The third-order valence-corrected chi connectivity index (χ3v) is 1.99. The molecule has 0 aromatic heterocycles. The standard InChI is InChI=1S/C9H9F3N2/c1-2-3-7-8(9(10,11)12)6(4-13)5-14-7/h5,7H,2-3H2,1H3. The summed E-state index contributed by atoms with van der Waals surface area (Å²) < 4.78 is 37.4. The molecule has 14 heavy (non-hydrogen) atoms. The van der Waals surface area contributed by atoms with Gasteiger partial charge in [0.05, 0.1) is 17.2 Å². The molecule has 0 aromatic carbocycles. The van der Waals surface area contributed by atoms with Crippen molar-refractivity contribution in [1.29, 1.82) is 5.26 Å². The van der Waals surface area contributed by atoms with Crippen molar-refractivity contribution < 1.29 is 13.2 Å². The summed E-state index contributed by atoms with van der Waals surface area (Å²) in [7, 11) is 0. The fourth-order valence-corrected chi connectivity index (χ4v) is 1.41. The molecule has 0 fully saturated rings. The zero-order valence-electron chi connectivity index (χ0n) is 7.60. The van der Waals surface area contributed by atoms with Crippen LogP contribution in [0, 0.1) is 11.3 Å². The Hall–Kier alpha value is -1.31. The Morgan fingerprint density at radius 1 is 1.57 bits per heavy atom. The van der Waals surface area contributed by atoms with Gasteiger partial charge in [0.25, 0.3) is 0 Å². The molecular formula is C9H9F3N2. The Morgan fingerprint density at radius 3 is 2.64 bits per heavy atom. The number of nitriles is 1. The first-order valence-corrected chi connectivity index (χ1v) is 4.25. The van der Waals surface area contributed by atoms with Gasteiger partial charge >= 0.3 is 6.18 Å². The molecule has 0 bridgehead atoms. The summed E-state index contributed by atoms with van der Waals surface area (Å²) in [5.74, 6) is 0. The van der Waals surface area contributed by atoms with Gasteiger partial charge in [-0.05, 0) is 6.42 Å². The van der Waals surface area contributed by atoms with Crippen LogP contribution < -0.4 is 0 Å². The van der Waals surface area contributed by atoms with Crippen LogP contribution in [0.4, 0.5) is 13.2 Å². The lowest BCUT2D eigenvalue weighted by molar-refractivity contribution is -0.0954. The van der Waals surface area contributed by atoms with E-state index in [0.717, 1.165) is 6.21 Å². The molecule has 76 valence electrons. The van der Waals surface area contributed by atoms with E-state index in [2.05, 4.69) is 4.99 Å². The third-order valence-electron chi connectivity index (χ3n) is 1.99. The molecule has 1 aliphatic heterocycles. The van der Waals surface area contributed by atoms with Gasteiger partial charge in [0, 0.05) is 6.21 Å². The minimum Gasteiger partial charge on any atom is -0.284 e. The first-order valence-electron chi connectivity index (χ1n) is 4.25. The lowest BCUT2D eigenvalue weighted by Gasteiger charge is -2.14. The topological polar surface area (TPSA) is 36.1 Å². The highest BCUT2D eigenvalue weighted by molar-refractivity contribution is 5.88. The van der Waals surface area contributed by atoms with E-state index in [1.165, 1.54) is 6.07 Å². The molecule has 0 N–H and O–H groups in total. The maximum Gasteiger partial charge on any atom is 0.416 e. The van der Waals surface area contributed by atoms with Crippen LogP contribution in [0.1, 0.15) is 19.8 Å². The summed E-state index contributed by atoms with van der Waals surface area (Å²) in [6.07, 6.45) is -2.48. The fourth-order valence-electron chi connectivity index (χ4n) is 1.41. The van der Waals surface area contributed by atoms with Crippen molar-refractivity contribution in [2.45, 2.75) is 32.0 Å². The molecule has 1 rings (SSSR count). The second kappa shape index (κ2) is 3.82. The van der Waals surface area contributed by atoms with Crippen LogP contribution in [0.2, 0.25) is 0 Å². The highest BCUT2D eigenvalue weighted by Crippen LogP contribution is 2.36. The molecule has 1 unspecified atom stereocenters. The molecule has 0 spiro atoms. The average molecular weight is 202 g/mol. The van der Waals surface area contributed by atoms with Gasteiger partial charge in [-0.2, -0.15) is 18.4 Å². The molecule has 0 saturated carbocycles. The zero-order chi connectivity index (χ0) is 10.8. The Bertz CT molecular complexity index is 320. The zero-order valence-corrected chi connectivity index (χ0v) is 7.60. The van der Waals surface area contributed by atoms with E-state index in [1.807, 2.05) is 0 Å². The first-order chi connectivity index (χ1) is 6.50. The van der Waals surface area contributed by atoms with Crippen molar-refractivity contribution in [3.63, 3.8) is 0 Å². The average Bonchev–Trinajstić information content (AvgIpc) is 2.47. The van der Waals surface area contributed by atoms with Crippen molar-refractivity contribution in [3.05, 3.63) is 11.1 Å². The number of halogens is 3. The highest BCUT2D eigenvalue weighted by Gasteiger charge is 2.42. The number of nitrogens with zero attached hydrogens (tertiary/aromatic N) is 2. The predicted molar refractivity (Wildman–Crippen MR) is 45.9 cm³/mol. The highest BCUT2D eigenvalue weighted by atomic mass is 19.4. The number of hydrogen-bond acceptors (Lipinski definition) is 2. The van der Waals surface area contributed by atoms with Crippen molar-refractivity contribution in [1.82, 2.24) is 0 Å². The minimum atomic E-state index is -4.44. The van der Waals surface area contributed by atoms with E-state index < -0.39 is 17.8 Å². The van der Waals surface area contributed by atoms with Crippen molar-refractivity contribution in [3.8, 4) is 6.07 Å². The van der Waals surface area contributed by atoms with E-state index in [9.17, 15) is 13.2 Å². The molecule has 0 amide bonds. The molecule has 0 aromatic rings. The van der Waals surface area contributed by atoms with E-state index in [-0.39, 0.29) is 5.57 Å². The first kappa shape index (κ1) is 10.8. The van der Waals surface area contributed by atoms with Gasteiger partial charge in [-0.3, -0.25) is 4.99 Å². The van der Waals surface area contributed by atoms with Gasteiger partial charge in [0.2, 0.25) is 0 Å². The van der Waals surface area contributed by atoms with E-state index >= 15 is 0 Å². The van der Waals surface area contributed by atoms with Crippen molar-refractivity contribution >= 4 is 6.21 Å². The SMILES string of the molecule is CCCC1N=CC(C#N)=C1C(F)(F)F. The Balaban J connectivity index is 3.02. The van der Waals surface area contributed by atoms with Crippen molar-refractivity contribution in [2.75, 3.05) is 0 Å². The van der Waals surface area contributed by atoms with Crippen LogP contribution in [-0.4, -0.2) is 18.4 Å². The van der Waals surface area contributed by atoms with Gasteiger partial charge in [-0.15, -0.1) is 0 Å². The van der Waals surface area contributed by atoms with Gasteiger partial charge in [-0.1, -0.05) is 13.3 Å². The predicted octanol–water partition coefficient (Wildman–Crippen LogP) is 2.62. The Kier molecular flexibility index (Phi) is 2.94. The normalized spacial score (nSPS) is 21.5. The molecule has 5 heteroatoms. The molecule has 0 saturated heterocycles. The molecule has 1 atom stereocenters. The largest absolute Gasteiger partial charge is 0.416 e. The fraction of sp³-hybridized carbons (Fsp3) is 0.556. The van der Waals surface area contributed by atoms with E-state index in [0.29, 0.717) is 12.8 Å². The maximum absolute atomic E-state index is 12.5. The van der Waals surface area contributed by atoms with Crippen LogP contribution in [0.15, 0.2) is 16.1 Å². The van der Waals surface area contributed by atoms with Gasteiger partial charge in [0.1, 0.15) is 6.07 Å². The van der Waals surface area contributed by atoms with Gasteiger partial charge in [-0.25, -0.2) is 0 Å². The van der Waals surface area contributed by atoms with E-state index in [4.69, 9.17) is 5.26 Å².